The van der Waals surface area contributed by atoms with E-state index in [4.69, 9.17) is 37.6 Å². The molecule has 1 amide bonds. The highest BCUT2D eigenvalue weighted by atomic mass is 35.5. The van der Waals surface area contributed by atoms with Crippen LogP contribution < -0.4 is 10.2 Å². The molecule has 9 heteroatoms. The molecule has 0 aliphatic heterocycles. The Morgan fingerprint density at radius 3 is 2.36 bits per heavy atom. The molecule has 0 saturated heterocycles. The van der Waals surface area contributed by atoms with Crippen LogP contribution in [0.3, 0.4) is 0 Å². The van der Waals surface area contributed by atoms with E-state index in [0.717, 1.165) is 17.5 Å². The predicted octanol–water partition coefficient (Wildman–Crippen LogP) is 7.12. The highest BCUT2D eigenvalue weighted by Gasteiger charge is 2.29. The van der Waals surface area contributed by atoms with Gasteiger partial charge < -0.3 is 9.15 Å². The number of aryl methyl sites for hydroxylation is 1. The van der Waals surface area contributed by atoms with E-state index in [9.17, 15) is 9.59 Å². The number of hydrazone groups is 1. The van der Waals surface area contributed by atoms with Gasteiger partial charge in [0.25, 0.3) is 5.91 Å². The van der Waals surface area contributed by atoms with E-state index in [0.29, 0.717) is 51.8 Å². The quantitative estimate of drug-likeness (QED) is 0.160. The number of nitrogens with one attached hydrogen (secondary N) is 1. The van der Waals surface area contributed by atoms with Crippen LogP contribution >= 0.6 is 23.2 Å². The van der Waals surface area contributed by atoms with Crippen LogP contribution in [0.15, 0.2) is 76.2 Å². The van der Waals surface area contributed by atoms with Gasteiger partial charge in [0, 0.05) is 22.6 Å². The van der Waals surface area contributed by atoms with Crippen molar-refractivity contribution in [3.05, 3.63) is 111 Å². The molecular formula is C30H21Cl2N3O4. The summed E-state index contributed by atoms with van der Waals surface area (Å²) in [4.78, 5) is 25.6. The SMILES string of the molecule is Cc1c(C(=O)Oc2ccc(-c3ccc(C#N)cc3)cc2)oc2c1/C(=N/NC(=O)c1ccc(Cl)cc1Cl)CCC2. The molecule has 1 aromatic heterocycles. The standard InChI is InChI=1S/C30H21Cl2N3O4/c1-17-27-25(34-35-29(36)23-14-11-21(31)15-24(23)32)3-2-4-26(27)39-28(17)30(37)38-22-12-9-20(10-13-22)19-7-5-18(16-33)6-8-19/h5-15H,2-4H2,1H3,(H,35,36)/b34-25+. The van der Waals surface area contributed by atoms with Gasteiger partial charge in [0.1, 0.15) is 11.5 Å². The molecule has 0 fully saturated rings. The van der Waals surface area contributed by atoms with E-state index in [1.54, 1.807) is 37.3 Å². The van der Waals surface area contributed by atoms with Gasteiger partial charge in [0.2, 0.25) is 5.76 Å². The summed E-state index contributed by atoms with van der Waals surface area (Å²) in [6.45, 7) is 1.77. The van der Waals surface area contributed by atoms with Gasteiger partial charge in [-0.3, -0.25) is 4.79 Å². The van der Waals surface area contributed by atoms with Crippen molar-refractivity contribution < 1.29 is 18.7 Å². The number of hydrogen-bond acceptors (Lipinski definition) is 6. The summed E-state index contributed by atoms with van der Waals surface area (Å²) in [5.74, 6) is -0.00438. The van der Waals surface area contributed by atoms with Crippen molar-refractivity contribution in [2.24, 2.45) is 5.10 Å². The van der Waals surface area contributed by atoms with E-state index in [1.165, 1.54) is 12.1 Å². The number of esters is 1. The number of fused-ring (bicyclic) bond motifs is 1. The van der Waals surface area contributed by atoms with E-state index < -0.39 is 11.9 Å². The third-order valence-electron chi connectivity index (χ3n) is 6.39. The zero-order valence-electron chi connectivity index (χ0n) is 20.8. The van der Waals surface area contributed by atoms with Gasteiger partial charge in [-0.15, -0.1) is 0 Å². The van der Waals surface area contributed by atoms with Crippen molar-refractivity contribution in [2.75, 3.05) is 0 Å². The Kier molecular flexibility index (Phi) is 7.51. The Labute approximate surface area is 234 Å². The zero-order chi connectivity index (χ0) is 27.5. The maximum atomic E-state index is 13.0. The van der Waals surface area contributed by atoms with Crippen LogP contribution in [0.1, 0.15) is 56.2 Å². The molecule has 0 atom stereocenters. The third kappa shape index (κ3) is 5.58. The average molecular weight is 558 g/mol. The van der Waals surface area contributed by atoms with Crippen molar-refractivity contribution in [3.63, 3.8) is 0 Å². The fourth-order valence-electron chi connectivity index (χ4n) is 4.43. The minimum absolute atomic E-state index is 0.0952. The normalized spacial score (nSPS) is 13.4. The number of furan rings is 1. The molecule has 194 valence electrons. The minimum atomic E-state index is -0.621. The second-order valence-corrected chi connectivity index (χ2v) is 9.78. The van der Waals surface area contributed by atoms with Crippen molar-refractivity contribution in [1.29, 1.82) is 5.26 Å². The number of carbonyl (C=O) groups excluding carboxylic acids is 2. The van der Waals surface area contributed by atoms with Gasteiger partial charge >= 0.3 is 5.97 Å². The van der Waals surface area contributed by atoms with Crippen LogP contribution in [0.5, 0.6) is 5.75 Å². The number of benzene rings is 3. The molecule has 5 rings (SSSR count). The molecule has 0 spiro atoms. The summed E-state index contributed by atoms with van der Waals surface area (Å²) in [7, 11) is 0. The number of nitriles is 1. The fraction of sp³-hybridized carbons (Fsp3) is 0.133. The van der Waals surface area contributed by atoms with Crippen molar-refractivity contribution in [1.82, 2.24) is 5.43 Å². The number of rotatable bonds is 5. The summed E-state index contributed by atoms with van der Waals surface area (Å²) < 4.78 is 11.5. The fourth-order valence-corrected chi connectivity index (χ4v) is 4.93. The maximum Gasteiger partial charge on any atom is 0.379 e. The lowest BCUT2D eigenvalue weighted by molar-refractivity contribution is 0.0698. The summed E-state index contributed by atoms with van der Waals surface area (Å²) in [5.41, 5.74) is 7.16. The zero-order valence-corrected chi connectivity index (χ0v) is 22.3. The van der Waals surface area contributed by atoms with Crippen LogP contribution in [-0.4, -0.2) is 17.6 Å². The average Bonchev–Trinajstić information content (AvgIpc) is 3.29. The largest absolute Gasteiger partial charge is 0.453 e. The van der Waals surface area contributed by atoms with Crippen LogP contribution in [0.4, 0.5) is 0 Å². The van der Waals surface area contributed by atoms with Crippen molar-refractivity contribution >= 4 is 40.8 Å². The van der Waals surface area contributed by atoms with Crippen molar-refractivity contribution in [3.8, 4) is 22.9 Å². The number of hydrogen-bond donors (Lipinski definition) is 1. The first-order valence-electron chi connectivity index (χ1n) is 12.1. The first-order chi connectivity index (χ1) is 18.8. The molecular weight excluding hydrogens is 537 g/mol. The second-order valence-electron chi connectivity index (χ2n) is 8.93. The molecule has 39 heavy (non-hydrogen) atoms. The summed E-state index contributed by atoms with van der Waals surface area (Å²) in [6.07, 6.45) is 1.99. The van der Waals surface area contributed by atoms with Crippen LogP contribution in [0.2, 0.25) is 10.0 Å². The number of halogens is 2. The van der Waals surface area contributed by atoms with Crippen LogP contribution in [-0.2, 0) is 6.42 Å². The van der Waals surface area contributed by atoms with Gasteiger partial charge in [-0.1, -0.05) is 47.5 Å². The molecule has 4 aromatic rings. The molecule has 0 radical (unpaired) electrons. The monoisotopic (exact) mass is 557 g/mol. The Bertz CT molecular complexity index is 1650. The van der Waals surface area contributed by atoms with Crippen LogP contribution in [0, 0.1) is 18.3 Å². The van der Waals surface area contributed by atoms with Gasteiger partial charge in [0.05, 0.1) is 27.9 Å². The first kappa shape index (κ1) is 26.2. The Hall–Kier alpha value is -4.38. The van der Waals surface area contributed by atoms with Gasteiger partial charge in [-0.05, 0) is 73.4 Å². The molecule has 3 aromatic carbocycles. The summed E-state index contributed by atoms with van der Waals surface area (Å²) in [6, 6.07) is 21.0. The summed E-state index contributed by atoms with van der Waals surface area (Å²) >= 11 is 12.1. The summed E-state index contributed by atoms with van der Waals surface area (Å²) in [5, 5.41) is 13.9. The molecule has 7 nitrogen and oxygen atoms in total. The highest BCUT2D eigenvalue weighted by molar-refractivity contribution is 6.36. The third-order valence-corrected chi connectivity index (χ3v) is 6.94. The highest BCUT2D eigenvalue weighted by Crippen LogP contribution is 2.31. The van der Waals surface area contributed by atoms with E-state index in [1.807, 2.05) is 24.3 Å². The van der Waals surface area contributed by atoms with E-state index >= 15 is 0 Å². The van der Waals surface area contributed by atoms with E-state index in [2.05, 4.69) is 16.6 Å². The molecule has 0 saturated carbocycles. The Morgan fingerprint density at radius 1 is 1.00 bits per heavy atom. The number of amides is 1. The number of nitrogens with zero attached hydrogens (tertiary/aromatic N) is 2. The molecule has 0 unspecified atom stereocenters. The van der Waals surface area contributed by atoms with Crippen molar-refractivity contribution in [2.45, 2.75) is 26.2 Å². The first-order valence-corrected chi connectivity index (χ1v) is 12.9. The molecule has 1 aliphatic rings. The van der Waals surface area contributed by atoms with Gasteiger partial charge in [-0.25, -0.2) is 10.2 Å². The lowest BCUT2D eigenvalue weighted by Crippen LogP contribution is -2.22. The smallest absolute Gasteiger partial charge is 0.379 e. The topological polar surface area (TPSA) is 105 Å². The maximum absolute atomic E-state index is 13.0. The molecule has 1 N–H and O–H groups in total. The molecule has 1 heterocycles. The number of ether oxygens (including phenoxy) is 1. The Balaban J connectivity index is 1.32. The van der Waals surface area contributed by atoms with Crippen LogP contribution in [0.25, 0.3) is 11.1 Å². The molecule has 1 aliphatic carbocycles. The second kappa shape index (κ2) is 11.2. The predicted molar refractivity (Wildman–Crippen MR) is 148 cm³/mol. The van der Waals surface area contributed by atoms with Gasteiger partial charge in [0.15, 0.2) is 0 Å². The minimum Gasteiger partial charge on any atom is -0.453 e. The lowest BCUT2D eigenvalue weighted by Gasteiger charge is -2.13. The molecule has 0 bridgehead atoms. The number of carbonyl (C=O) groups is 2. The van der Waals surface area contributed by atoms with E-state index in [-0.39, 0.29) is 16.3 Å². The lowest BCUT2D eigenvalue weighted by atomic mass is 9.93. The van der Waals surface area contributed by atoms with Gasteiger partial charge in [-0.2, -0.15) is 10.4 Å². The Morgan fingerprint density at radius 2 is 1.69 bits per heavy atom.